The normalized spacial score (nSPS) is 11.7. The van der Waals surface area contributed by atoms with Crippen molar-refractivity contribution in [2.75, 3.05) is 18.4 Å². The summed E-state index contributed by atoms with van der Waals surface area (Å²) in [7, 11) is -3.68. The number of benzene rings is 3. The lowest BCUT2D eigenvalue weighted by Gasteiger charge is -2.10. The van der Waals surface area contributed by atoms with Crippen molar-refractivity contribution < 1.29 is 13.3 Å². The van der Waals surface area contributed by atoms with Crippen LogP contribution in [0.15, 0.2) is 95.5 Å². The molecule has 0 fully saturated rings. The number of rotatable bonds is 10. The lowest BCUT2D eigenvalue weighted by Crippen LogP contribution is -2.26. The van der Waals surface area contributed by atoms with Gasteiger partial charge in [-0.2, -0.15) is 0 Å². The van der Waals surface area contributed by atoms with Crippen molar-refractivity contribution in [2.45, 2.75) is 11.3 Å². The standard InChI is InChI=1S/C28H23N7O4S2/c36-35(37)21-9-3-8-20(18-21)25-26(34-16-17-40-28(34)33-25)23-12-15-30-27(32-23)29-13-5-14-31-41(38,39)24-11-4-7-19-6-1-2-10-22(19)24/h1-4,6-12,15-18,31H,5,13-14H2,(H,29,30,32). The first kappa shape index (κ1) is 26.5. The van der Waals surface area contributed by atoms with E-state index < -0.39 is 14.9 Å². The minimum absolute atomic E-state index is 0.0223. The van der Waals surface area contributed by atoms with Gasteiger partial charge >= 0.3 is 0 Å². The molecule has 3 heterocycles. The van der Waals surface area contributed by atoms with Gasteiger partial charge < -0.3 is 5.32 Å². The number of nitrogens with zero attached hydrogens (tertiary/aromatic N) is 5. The fraction of sp³-hybridized carbons (Fsp3) is 0.107. The Morgan fingerprint density at radius 3 is 2.68 bits per heavy atom. The maximum Gasteiger partial charge on any atom is 0.270 e. The number of hydrogen-bond donors (Lipinski definition) is 2. The summed E-state index contributed by atoms with van der Waals surface area (Å²) in [5.41, 5.74) is 2.44. The van der Waals surface area contributed by atoms with E-state index in [1.807, 2.05) is 40.2 Å². The zero-order valence-corrected chi connectivity index (χ0v) is 23.1. The monoisotopic (exact) mass is 585 g/mol. The van der Waals surface area contributed by atoms with Crippen molar-refractivity contribution in [1.82, 2.24) is 24.1 Å². The molecule has 0 saturated heterocycles. The van der Waals surface area contributed by atoms with Crippen molar-refractivity contribution in [3.8, 4) is 22.6 Å². The van der Waals surface area contributed by atoms with E-state index in [0.29, 0.717) is 46.9 Å². The Kier molecular flexibility index (Phi) is 7.14. The Balaban J connectivity index is 1.16. The molecule has 206 valence electrons. The smallest absolute Gasteiger partial charge is 0.270 e. The van der Waals surface area contributed by atoms with E-state index in [2.05, 4.69) is 20.0 Å². The molecule has 0 unspecified atom stereocenters. The molecular formula is C28H23N7O4S2. The number of sulfonamides is 1. The second-order valence-corrected chi connectivity index (χ2v) is 11.7. The zero-order chi connectivity index (χ0) is 28.4. The van der Waals surface area contributed by atoms with Gasteiger partial charge in [-0.25, -0.2) is 28.1 Å². The summed E-state index contributed by atoms with van der Waals surface area (Å²) >= 11 is 1.45. The van der Waals surface area contributed by atoms with E-state index in [4.69, 9.17) is 4.98 Å². The Morgan fingerprint density at radius 2 is 1.80 bits per heavy atom. The van der Waals surface area contributed by atoms with Crippen LogP contribution >= 0.6 is 11.3 Å². The second-order valence-electron chi connectivity index (χ2n) is 9.09. The maximum atomic E-state index is 12.9. The quantitative estimate of drug-likeness (QED) is 0.124. The fourth-order valence-electron chi connectivity index (χ4n) is 4.58. The van der Waals surface area contributed by atoms with Crippen LogP contribution in [0.3, 0.4) is 0 Å². The number of imidazole rings is 1. The summed E-state index contributed by atoms with van der Waals surface area (Å²) in [5, 5.41) is 17.9. The first-order chi connectivity index (χ1) is 19.9. The molecule has 0 radical (unpaired) electrons. The number of fused-ring (bicyclic) bond motifs is 2. The van der Waals surface area contributed by atoms with Gasteiger partial charge in [0.05, 0.1) is 15.5 Å². The second kappa shape index (κ2) is 11.0. The van der Waals surface area contributed by atoms with Crippen molar-refractivity contribution in [3.63, 3.8) is 0 Å². The average Bonchev–Trinajstić information content (AvgIpc) is 3.59. The molecule has 0 amide bonds. The number of non-ortho nitro benzene ring substituents is 1. The van der Waals surface area contributed by atoms with Crippen LogP contribution in [0.25, 0.3) is 38.4 Å². The predicted molar refractivity (Wildman–Crippen MR) is 158 cm³/mol. The molecule has 0 saturated carbocycles. The molecule has 0 aliphatic rings. The van der Waals surface area contributed by atoms with Crippen LogP contribution in [-0.2, 0) is 10.0 Å². The Hall–Kier alpha value is -4.72. The summed E-state index contributed by atoms with van der Waals surface area (Å²) in [5.74, 6) is 0.370. The van der Waals surface area contributed by atoms with Crippen molar-refractivity contribution in [2.24, 2.45) is 0 Å². The highest BCUT2D eigenvalue weighted by molar-refractivity contribution is 7.89. The SMILES string of the molecule is O=[N+]([O-])c1cccc(-c2nc3sccn3c2-c2ccnc(NCCCNS(=O)(=O)c3cccc4ccccc34)n2)c1. The molecule has 6 rings (SSSR count). The van der Waals surface area contributed by atoms with Crippen LogP contribution < -0.4 is 10.0 Å². The van der Waals surface area contributed by atoms with E-state index in [9.17, 15) is 18.5 Å². The summed E-state index contributed by atoms with van der Waals surface area (Å²) < 4.78 is 30.5. The van der Waals surface area contributed by atoms with E-state index in [1.165, 1.54) is 23.5 Å². The van der Waals surface area contributed by atoms with Gasteiger partial charge in [0.15, 0.2) is 4.96 Å². The largest absolute Gasteiger partial charge is 0.354 e. The van der Waals surface area contributed by atoms with Crippen LogP contribution in [0.4, 0.5) is 11.6 Å². The number of nitrogens with one attached hydrogen (secondary N) is 2. The average molecular weight is 586 g/mol. The van der Waals surface area contributed by atoms with E-state index in [0.717, 1.165) is 10.3 Å². The molecule has 2 N–H and O–H groups in total. The number of nitro benzene ring substituents is 1. The molecule has 3 aromatic heterocycles. The molecule has 13 heteroatoms. The zero-order valence-electron chi connectivity index (χ0n) is 21.5. The highest BCUT2D eigenvalue weighted by Gasteiger charge is 2.20. The van der Waals surface area contributed by atoms with Crippen molar-refractivity contribution in [1.29, 1.82) is 0 Å². The highest BCUT2D eigenvalue weighted by Crippen LogP contribution is 2.34. The van der Waals surface area contributed by atoms with Gasteiger partial charge in [0.2, 0.25) is 16.0 Å². The number of anilines is 1. The molecule has 0 spiro atoms. The molecule has 41 heavy (non-hydrogen) atoms. The third-order valence-electron chi connectivity index (χ3n) is 6.46. The van der Waals surface area contributed by atoms with Gasteiger partial charge in [-0.3, -0.25) is 14.5 Å². The summed E-state index contributed by atoms with van der Waals surface area (Å²) in [6, 6.07) is 20.7. The Labute approximate surface area is 238 Å². The Bertz CT molecular complexity index is 2000. The van der Waals surface area contributed by atoms with Gasteiger partial charge in [-0.1, -0.05) is 48.5 Å². The summed E-state index contributed by atoms with van der Waals surface area (Å²) in [4.78, 5) is 25.6. The van der Waals surface area contributed by atoms with Gasteiger partial charge in [-0.05, 0) is 23.9 Å². The lowest BCUT2D eigenvalue weighted by molar-refractivity contribution is -0.384. The van der Waals surface area contributed by atoms with Crippen molar-refractivity contribution >= 4 is 48.7 Å². The maximum absolute atomic E-state index is 12.9. The van der Waals surface area contributed by atoms with Crippen LogP contribution in [0.1, 0.15) is 6.42 Å². The van der Waals surface area contributed by atoms with Gasteiger partial charge in [0.25, 0.3) is 5.69 Å². The minimum Gasteiger partial charge on any atom is -0.354 e. The molecule has 0 atom stereocenters. The number of hydrogen-bond acceptors (Lipinski definition) is 9. The summed E-state index contributed by atoms with van der Waals surface area (Å²) in [6.07, 6.45) is 4.00. The van der Waals surface area contributed by atoms with Gasteiger partial charge in [0, 0.05) is 53.9 Å². The van der Waals surface area contributed by atoms with Gasteiger partial charge in [0.1, 0.15) is 11.4 Å². The first-order valence-corrected chi connectivity index (χ1v) is 15.0. The first-order valence-electron chi connectivity index (χ1n) is 12.7. The number of nitro groups is 1. The third-order valence-corrected chi connectivity index (χ3v) is 8.73. The van der Waals surface area contributed by atoms with Crippen molar-refractivity contribution in [3.05, 3.63) is 101 Å². The third kappa shape index (κ3) is 5.37. The molecule has 6 aromatic rings. The molecule has 3 aromatic carbocycles. The number of aromatic nitrogens is 4. The molecule has 11 nitrogen and oxygen atoms in total. The van der Waals surface area contributed by atoms with Crippen LogP contribution in [0, 0.1) is 10.1 Å². The van der Waals surface area contributed by atoms with Crippen LogP contribution in [0.5, 0.6) is 0 Å². The fourth-order valence-corrected chi connectivity index (χ4v) is 6.59. The lowest BCUT2D eigenvalue weighted by atomic mass is 10.1. The molecule has 0 bridgehead atoms. The number of thiazole rings is 1. The van der Waals surface area contributed by atoms with Crippen LogP contribution in [0.2, 0.25) is 0 Å². The molecule has 0 aliphatic heterocycles. The highest BCUT2D eigenvalue weighted by atomic mass is 32.2. The van der Waals surface area contributed by atoms with E-state index in [1.54, 1.807) is 42.6 Å². The topological polar surface area (TPSA) is 144 Å². The minimum atomic E-state index is -3.68. The predicted octanol–water partition coefficient (Wildman–Crippen LogP) is 5.36. The Morgan fingerprint density at radius 1 is 0.976 bits per heavy atom. The van der Waals surface area contributed by atoms with Crippen LogP contribution in [-0.4, -0.2) is 45.8 Å². The molecular weight excluding hydrogens is 562 g/mol. The summed E-state index contributed by atoms with van der Waals surface area (Å²) in [6.45, 7) is 0.660. The van der Waals surface area contributed by atoms with E-state index in [-0.39, 0.29) is 17.1 Å². The van der Waals surface area contributed by atoms with E-state index >= 15 is 0 Å². The van der Waals surface area contributed by atoms with Gasteiger partial charge in [-0.15, -0.1) is 11.3 Å². The molecule has 0 aliphatic carbocycles.